The lowest BCUT2D eigenvalue weighted by Crippen LogP contribution is -2.25. The van der Waals surface area contributed by atoms with Crippen LogP contribution in [0.3, 0.4) is 0 Å². The number of benzene rings is 1. The maximum absolute atomic E-state index is 12.5. The first-order valence-electron chi connectivity index (χ1n) is 19.1. The predicted octanol–water partition coefficient (Wildman–Crippen LogP) is 11.9. The second-order valence-electron chi connectivity index (χ2n) is 13.9. The molecule has 1 aromatic carbocycles. The highest BCUT2D eigenvalue weighted by molar-refractivity contribution is 5.85. The van der Waals surface area contributed by atoms with Crippen LogP contribution < -0.4 is 5.32 Å². The summed E-state index contributed by atoms with van der Waals surface area (Å²) in [4.78, 5) is 12.5. The summed E-state index contributed by atoms with van der Waals surface area (Å²) in [5.41, 5.74) is 4.21. The molecule has 1 saturated carbocycles. The summed E-state index contributed by atoms with van der Waals surface area (Å²) in [7, 11) is 0. The second kappa shape index (κ2) is 22.7. The molecule has 1 aromatic heterocycles. The van der Waals surface area contributed by atoms with E-state index in [0.717, 1.165) is 31.8 Å². The largest absolute Gasteiger partial charge is 0.356 e. The Hall–Kier alpha value is -1.77. The van der Waals surface area contributed by atoms with E-state index < -0.39 is 0 Å². The summed E-state index contributed by atoms with van der Waals surface area (Å²) in [6, 6.07) is 7.11. The lowest BCUT2D eigenvalue weighted by atomic mass is 9.96. The Morgan fingerprint density at radius 1 is 0.744 bits per heavy atom. The van der Waals surface area contributed by atoms with Gasteiger partial charge in [0.25, 0.3) is 0 Å². The smallest absolute Gasteiger partial charge is 0.220 e. The second-order valence-corrected chi connectivity index (χ2v) is 13.9. The molecule has 3 heteroatoms. The Bertz CT molecular complexity index is 986. The number of aromatic nitrogens is 1. The van der Waals surface area contributed by atoms with Crippen molar-refractivity contribution >= 4 is 16.8 Å². The molecule has 3 nitrogen and oxygen atoms in total. The van der Waals surface area contributed by atoms with Crippen LogP contribution in [0.2, 0.25) is 0 Å². The van der Waals surface area contributed by atoms with Gasteiger partial charge < -0.3 is 9.88 Å². The van der Waals surface area contributed by atoms with Crippen molar-refractivity contribution in [2.24, 2.45) is 5.92 Å². The van der Waals surface area contributed by atoms with E-state index in [1.807, 2.05) is 0 Å². The summed E-state index contributed by atoms with van der Waals surface area (Å²) in [5.74, 6) is 1.10. The summed E-state index contributed by atoms with van der Waals surface area (Å²) in [5, 5.41) is 4.60. The number of hydrogen-bond donors (Lipinski definition) is 1. The number of fused-ring (bicyclic) bond motifs is 1. The minimum Gasteiger partial charge on any atom is -0.356 e. The number of aryl methyl sites for hydroxylation is 1. The topological polar surface area (TPSA) is 34.0 Å². The van der Waals surface area contributed by atoms with Crippen LogP contribution in [-0.4, -0.2) is 17.0 Å². The number of nitrogens with one attached hydrogen (secondary N) is 1. The highest BCUT2D eigenvalue weighted by atomic mass is 16.1. The summed E-state index contributed by atoms with van der Waals surface area (Å²) in [6.45, 7) is 6.25. The van der Waals surface area contributed by atoms with Gasteiger partial charge in [0, 0.05) is 36.6 Å². The van der Waals surface area contributed by atoms with Crippen LogP contribution in [0.1, 0.15) is 179 Å². The van der Waals surface area contributed by atoms with E-state index in [1.54, 1.807) is 0 Å². The first-order chi connectivity index (χ1) is 21.2. The van der Waals surface area contributed by atoms with Gasteiger partial charge in [-0.2, -0.15) is 0 Å². The number of nitrogens with zero attached hydrogens (tertiary/aromatic N) is 1. The maximum Gasteiger partial charge on any atom is 0.220 e. The molecule has 0 aliphatic heterocycles. The minimum atomic E-state index is 0.230. The molecule has 1 heterocycles. The van der Waals surface area contributed by atoms with Crippen LogP contribution in [0.5, 0.6) is 0 Å². The van der Waals surface area contributed by atoms with Gasteiger partial charge in [-0.3, -0.25) is 4.79 Å². The van der Waals surface area contributed by atoms with Gasteiger partial charge >= 0.3 is 0 Å². The fourth-order valence-electron chi connectivity index (χ4n) is 7.34. The Kier molecular flexibility index (Phi) is 18.8. The summed E-state index contributed by atoms with van der Waals surface area (Å²) < 4.78 is 2.37. The Labute approximate surface area is 266 Å². The minimum absolute atomic E-state index is 0.230. The van der Waals surface area contributed by atoms with E-state index in [9.17, 15) is 4.79 Å². The van der Waals surface area contributed by atoms with Crippen molar-refractivity contribution in [1.29, 1.82) is 0 Å². The van der Waals surface area contributed by atoms with Crippen molar-refractivity contribution in [1.82, 2.24) is 9.88 Å². The highest BCUT2D eigenvalue weighted by Crippen LogP contribution is 2.30. The van der Waals surface area contributed by atoms with Crippen LogP contribution in [0.25, 0.3) is 10.9 Å². The molecular formula is C40H68N2O. The molecule has 2 aromatic rings. The molecular weight excluding hydrogens is 524 g/mol. The molecule has 1 N–H and O–H groups in total. The third-order valence-corrected chi connectivity index (χ3v) is 10.1. The molecule has 0 radical (unpaired) electrons. The average molecular weight is 593 g/mol. The molecule has 1 aliphatic rings. The van der Waals surface area contributed by atoms with Gasteiger partial charge in [0.2, 0.25) is 5.91 Å². The molecule has 1 aliphatic carbocycles. The van der Waals surface area contributed by atoms with Crippen LogP contribution in [-0.2, 0) is 24.2 Å². The van der Waals surface area contributed by atoms with Gasteiger partial charge in [-0.1, -0.05) is 154 Å². The van der Waals surface area contributed by atoms with Gasteiger partial charge in [0.15, 0.2) is 0 Å². The Morgan fingerprint density at radius 3 is 1.81 bits per heavy atom. The molecule has 0 unspecified atom stereocenters. The van der Waals surface area contributed by atoms with Gasteiger partial charge in [0.05, 0.1) is 0 Å². The first-order valence-corrected chi connectivity index (χ1v) is 19.1. The fraction of sp³-hybridized carbons (Fsp3) is 0.775. The van der Waals surface area contributed by atoms with E-state index in [4.69, 9.17) is 0 Å². The monoisotopic (exact) mass is 593 g/mol. The standard InChI is InChI=1S/C40H68N2O/c1-3-5-6-7-8-9-10-11-12-13-14-15-16-17-18-19-20-21-22-27-40(43)41-31-30-37-34-42(4-2)39-29-28-36(33-38(37)39)32-35-25-23-24-26-35/h28-29,33-35H,3-27,30-32H2,1-2H3,(H,41,43). The van der Waals surface area contributed by atoms with E-state index in [-0.39, 0.29) is 5.91 Å². The number of hydrogen-bond acceptors (Lipinski definition) is 1. The van der Waals surface area contributed by atoms with Crippen molar-refractivity contribution in [3.63, 3.8) is 0 Å². The lowest BCUT2D eigenvalue weighted by molar-refractivity contribution is -0.121. The normalized spacial score (nSPS) is 13.8. The molecule has 3 rings (SSSR count). The van der Waals surface area contributed by atoms with Crippen molar-refractivity contribution < 1.29 is 4.79 Å². The molecule has 0 atom stereocenters. The predicted molar refractivity (Wildman–Crippen MR) is 188 cm³/mol. The zero-order valence-corrected chi connectivity index (χ0v) is 28.5. The maximum atomic E-state index is 12.5. The van der Waals surface area contributed by atoms with Gasteiger partial charge in [-0.05, 0) is 55.4 Å². The number of amides is 1. The van der Waals surface area contributed by atoms with Crippen LogP contribution in [0, 0.1) is 5.92 Å². The molecule has 0 saturated heterocycles. The molecule has 244 valence electrons. The summed E-state index contributed by atoms with van der Waals surface area (Å²) >= 11 is 0. The van der Waals surface area contributed by atoms with Crippen molar-refractivity contribution in [2.75, 3.05) is 6.54 Å². The number of carbonyl (C=O) groups excluding carboxylic acids is 1. The van der Waals surface area contributed by atoms with Crippen molar-refractivity contribution in [3.8, 4) is 0 Å². The summed E-state index contributed by atoms with van der Waals surface area (Å²) in [6.07, 6.45) is 37.1. The zero-order chi connectivity index (χ0) is 30.4. The Morgan fingerprint density at radius 2 is 1.28 bits per heavy atom. The van der Waals surface area contributed by atoms with Crippen molar-refractivity contribution in [3.05, 3.63) is 35.5 Å². The number of unbranched alkanes of at least 4 members (excludes halogenated alkanes) is 18. The van der Waals surface area contributed by atoms with E-state index in [1.165, 1.54) is 170 Å². The van der Waals surface area contributed by atoms with E-state index >= 15 is 0 Å². The van der Waals surface area contributed by atoms with E-state index in [2.05, 4.69) is 48.1 Å². The van der Waals surface area contributed by atoms with Crippen LogP contribution in [0.4, 0.5) is 0 Å². The fourth-order valence-corrected chi connectivity index (χ4v) is 7.34. The van der Waals surface area contributed by atoms with Crippen LogP contribution in [0.15, 0.2) is 24.4 Å². The van der Waals surface area contributed by atoms with Crippen LogP contribution >= 0.6 is 0 Å². The molecule has 0 bridgehead atoms. The first kappa shape index (κ1) is 35.7. The lowest BCUT2D eigenvalue weighted by Gasteiger charge is -2.10. The average Bonchev–Trinajstić information content (AvgIpc) is 3.66. The highest BCUT2D eigenvalue weighted by Gasteiger charge is 2.16. The molecule has 1 fully saturated rings. The van der Waals surface area contributed by atoms with Gasteiger partial charge in [0.1, 0.15) is 0 Å². The molecule has 43 heavy (non-hydrogen) atoms. The van der Waals surface area contributed by atoms with Gasteiger partial charge in [-0.15, -0.1) is 0 Å². The van der Waals surface area contributed by atoms with Crippen molar-refractivity contribution in [2.45, 2.75) is 187 Å². The zero-order valence-electron chi connectivity index (χ0n) is 28.5. The molecule has 0 spiro atoms. The number of carbonyl (C=O) groups is 1. The molecule has 1 amide bonds. The third-order valence-electron chi connectivity index (χ3n) is 10.1. The number of rotatable bonds is 26. The van der Waals surface area contributed by atoms with E-state index in [0.29, 0.717) is 6.42 Å². The SMILES string of the molecule is CCCCCCCCCCCCCCCCCCCCCC(=O)NCCc1cn(CC)c2ccc(CC3CCCC3)cc12. The Balaban J connectivity index is 1.14. The third kappa shape index (κ3) is 14.7. The van der Waals surface area contributed by atoms with Gasteiger partial charge in [-0.25, -0.2) is 0 Å². The quantitative estimate of drug-likeness (QED) is 0.108.